The molecule has 0 radical (unpaired) electrons. The first-order valence-electron chi connectivity index (χ1n) is 10.1. The van der Waals surface area contributed by atoms with Crippen LogP contribution in [0, 0.1) is 0 Å². The number of methoxy groups -OCH3 is 2. The molecule has 1 aliphatic heterocycles. The van der Waals surface area contributed by atoms with Crippen molar-refractivity contribution in [2.45, 2.75) is 26.4 Å². The zero-order chi connectivity index (χ0) is 22.6. The van der Waals surface area contributed by atoms with E-state index in [2.05, 4.69) is 9.88 Å². The minimum atomic E-state index is -0.539. The Morgan fingerprint density at radius 3 is 2.42 bits per heavy atom. The van der Waals surface area contributed by atoms with Crippen LogP contribution in [0.3, 0.4) is 0 Å². The molecule has 0 bridgehead atoms. The number of ether oxygens (including phenoxy) is 4. The maximum absolute atomic E-state index is 12.3. The summed E-state index contributed by atoms with van der Waals surface area (Å²) in [6.07, 6.45) is -0.274. The third-order valence-electron chi connectivity index (χ3n) is 4.69. The molecule has 0 unspecified atom stereocenters. The Morgan fingerprint density at radius 2 is 1.81 bits per heavy atom. The Labute approximate surface area is 181 Å². The molecule has 10 nitrogen and oxygen atoms in total. The third-order valence-corrected chi connectivity index (χ3v) is 4.69. The lowest BCUT2D eigenvalue weighted by molar-refractivity contribution is 0.0240. The highest BCUT2D eigenvalue weighted by molar-refractivity contribution is 6.05. The van der Waals surface area contributed by atoms with Crippen molar-refractivity contribution in [2.75, 3.05) is 58.5 Å². The van der Waals surface area contributed by atoms with Gasteiger partial charge in [-0.05, 0) is 32.9 Å². The predicted octanol–water partition coefficient (Wildman–Crippen LogP) is 2.70. The van der Waals surface area contributed by atoms with E-state index in [4.69, 9.17) is 23.4 Å². The molecule has 0 aliphatic carbocycles. The summed E-state index contributed by atoms with van der Waals surface area (Å²) in [6, 6.07) is 3.45. The molecule has 0 saturated carbocycles. The monoisotopic (exact) mass is 435 g/mol. The van der Waals surface area contributed by atoms with E-state index >= 15 is 0 Å². The summed E-state index contributed by atoms with van der Waals surface area (Å²) in [4.78, 5) is 32.6. The van der Waals surface area contributed by atoms with E-state index in [1.807, 2.05) is 20.8 Å². The Bertz CT molecular complexity index is 927. The van der Waals surface area contributed by atoms with Gasteiger partial charge in [-0.1, -0.05) is 0 Å². The number of hydrogen-bond donors (Lipinski definition) is 0. The first-order valence-corrected chi connectivity index (χ1v) is 10.1. The molecule has 0 spiro atoms. The van der Waals surface area contributed by atoms with Gasteiger partial charge in [-0.15, -0.1) is 0 Å². The summed E-state index contributed by atoms with van der Waals surface area (Å²) < 4.78 is 26.6. The van der Waals surface area contributed by atoms with Gasteiger partial charge in [0.1, 0.15) is 17.7 Å². The zero-order valence-electron chi connectivity index (χ0n) is 18.6. The van der Waals surface area contributed by atoms with Crippen molar-refractivity contribution < 1.29 is 33.0 Å². The molecule has 1 aliphatic rings. The van der Waals surface area contributed by atoms with E-state index in [1.54, 1.807) is 24.1 Å². The van der Waals surface area contributed by atoms with E-state index in [9.17, 15) is 9.59 Å². The van der Waals surface area contributed by atoms with Gasteiger partial charge in [0.15, 0.2) is 5.58 Å². The molecule has 1 aromatic heterocycles. The van der Waals surface area contributed by atoms with E-state index in [-0.39, 0.29) is 18.8 Å². The van der Waals surface area contributed by atoms with Crippen molar-refractivity contribution in [3.8, 4) is 6.08 Å². The quantitative estimate of drug-likeness (QED) is 0.500. The molecule has 10 heteroatoms. The van der Waals surface area contributed by atoms with Crippen LogP contribution in [0.25, 0.3) is 11.1 Å². The molecule has 1 amide bonds. The number of anilines is 1. The van der Waals surface area contributed by atoms with Crippen LogP contribution in [-0.2, 0) is 14.2 Å². The smallest absolute Gasteiger partial charge is 0.410 e. The molecule has 2 aromatic rings. The molecule has 0 N–H and O–H groups in total. The fourth-order valence-electron chi connectivity index (χ4n) is 3.23. The predicted molar refractivity (Wildman–Crippen MR) is 113 cm³/mol. The summed E-state index contributed by atoms with van der Waals surface area (Å²) in [7, 11) is 2.88. The van der Waals surface area contributed by atoms with Crippen molar-refractivity contribution >= 4 is 28.8 Å². The van der Waals surface area contributed by atoms with Gasteiger partial charge in [-0.25, -0.2) is 9.59 Å². The molecular weight excluding hydrogens is 406 g/mol. The van der Waals surface area contributed by atoms with E-state index in [1.165, 1.54) is 7.11 Å². The third kappa shape index (κ3) is 5.38. The normalized spacial score (nSPS) is 14.6. The van der Waals surface area contributed by atoms with Crippen LogP contribution >= 0.6 is 0 Å². The van der Waals surface area contributed by atoms with Crippen molar-refractivity contribution in [3.05, 3.63) is 17.7 Å². The molecule has 170 valence electrons. The zero-order valence-corrected chi connectivity index (χ0v) is 18.6. The van der Waals surface area contributed by atoms with Crippen LogP contribution in [0.15, 0.2) is 16.5 Å². The second-order valence-corrected chi connectivity index (χ2v) is 8.08. The van der Waals surface area contributed by atoms with Crippen molar-refractivity contribution in [2.24, 2.45) is 0 Å². The number of fused-ring (bicyclic) bond motifs is 1. The van der Waals surface area contributed by atoms with Crippen LogP contribution in [0.4, 0.5) is 10.5 Å². The number of aromatic nitrogens is 1. The average Bonchev–Trinajstić information content (AvgIpc) is 3.15. The van der Waals surface area contributed by atoms with Crippen molar-refractivity contribution in [1.82, 2.24) is 9.88 Å². The summed E-state index contributed by atoms with van der Waals surface area (Å²) in [5.41, 5.74) is 1.32. The number of piperazine rings is 1. The van der Waals surface area contributed by atoms with Crippen molar-refractivity contribution in [1.29, 1.82) is 0 Å². The van der Waals surface area contributed by atoms with Gasteiger partial charge < -0.3 is 33.2 Å². The number of carbonyl (C=O) groups is 2. The average molecular weight is 435 g/mol. The lowest BCUT2D eigenvalue weighted by Gasteiger charge is -2.36. The van der Waals surface area contributed by atoms with E-state index in [0.29, 0.717) is 49.4 Å². The van der Waals surface area contributed by atoms with Gasteiger partial charge in [-0.2, -0.15) is 4.98 Å². The minimum absolute atomic E-state index is 0.0528. The number of oxazole rings is 1. The highest BCUT2D eigenvalue weighted by atomic mass is 16.6. The van der Waals surface area contributed by atoms with Gasteiger partial charge in [0, 0.05) is 33.3 Å². The summed E-state index contributed by atoms with van der Waals surface area (Å²) >= 11 is 0. The maximum atomic E-state index is 12.3. The summed E-state index contributed by atoms with van der Waals surface area (Å²) in [5.74, 6) is -0.511. The van der Waals surface area contributed by atoms with E-state index in [0.717, 1.165) is 5.69 Å². The van der Waals surface area contributed by atoms with Crippen molar-refractivity contribution in [3.63, 3.8) is 0 Å². The Kier molecular flexibility index (Phi) is 6.89. The van der Waals surface area contributed by atoms with Crippen LogP contribution in [0.5, 0.6) is 6.08 Å². The van der Waals surface area contributed by atoms with Gasteiger partial charge in [0.25, 0.3) is 0 Å². The Hall–Kier alpha value is -3.01. The number of rotatable bonds is 6. The summed E-state index contributed by atoms with van der Waals surface area (Å²) in [6.45, 7) is 8.33. The first-order chi connectivity index (χ1) is 14.7. The number of benzene rings is 1. The molecule has 0 atom stereocenters. The molecule has 1 saturated heterocycles. The van der Waals surface area contributed by atoms with Crippen LogP contribution in [0.1, 0.15) is 31.1 Å². The SMILES string of the molecule is COCCOc1nc2c(C(=O)OC)ccc(N3CCN(C(=O)OC(C)(C)C)CC3)c2o1. The Balaban J connectivity index is 1.82. The molecule has 1 aromatic carbocycles. The summed E-state index contributed by atoms with van der Waals surface area (Å²) in [5, 5.41) is 0. The second kappa shape index (κ2) is 9.42. The van der Waals surface area contributed by atoms with Crippen LogP contribution in [-0.4, -0.2) is 81.2 Å². The van der Waals surface area contributed by atoms with E-state index < -0.39 is 11.6 Å². The lowest BCUT2D eigenvalue weighted by atomic mass is 10.1. The van der Waals surface area contributed by atoms with Crippen LogP contribution in [0.2, 0.25) is 0 Å². The lowest BCUT2D eigenvalue weighted by Crippen LogP contribution is -2.50. The molecule has 1 fully saturated rings. The standard InChI is InChI=1S/C21H29N3O7/c1-21(2,3)31-20(26)24-10-8-23(9-11-24)15-7-6-14(18(25)28-5)16-17(15)30-19(22-16)29-13-12-27-4/h6-7H,8-13H2,1-5H3. The van der Waals surface area contributed by atoms with Gasteiger partial charge in [-0.3, -0.25) is 0 Å². The topological polar surface area (TPSA) is 104 Å². The number of carbonyl (C=O) groups excluding carboxylic acids is 2. The maximum Gasteiger partial charge on any atom is 0.410 e. The second-order valence-electron chi connectivity index (χ2n) is 8.08. The van der Waals surface area contributed by atoms with Crippen LogP contribution < -0.4 is 9.64 Å². The van der Waals surface area contributed by atoms with Gasteiger partial charge >= 0.3 is 18.1 Å². The van der Waals surface area contributed by atoms with Gasteiger partial charge in [0.05, 0.1) is 25.0 Å². The molecule has 31 heavy (non-hydrogen) atoms. The number of esters is 1. The number of nitrogens with zero attached hydrogens (tertiary/aromatic N) is 3. The fourth-order valence-corrected chi connectivity index (χ4v) is 3.23. The molecular formula is C21H29N3O7. The van der Waals surface area contributed by atoms with Gasteiger partial charge in [0.2, 0.25) is 0 Å². The molecule has 2 heterocycles. The molecule has 3 rings (SSSR count). The largest absolute Gasteiger partial charge is 0.465 e. The number of hydrogen-bond acceptors (Lipinski definition) is 9. The highest BCUT2D eigenvalue weighted by Crippen LogP contribution is 2.33. The first kappa shape index (κ1) is 22.7. The highest BCUT2D eigenvalue weighted by Gasteiger charge is 2.28. The minimum Gasteiger partial charge on any atom is -0.465 e. The Morgan fingerprint density at radius 1 is 1.10 bits per heavy atom. The fraction of sp³-hybridized carbons (Fsp3) is 0.571. The number of amides is 1.